The Kier molecular flexibility index (Phi) is 4.38. The third-order valence-electron chi connectivity index (χ3n) is 5.14. The van der Waals surface area contributed by atoms with E-state index in [1.54, 1.807) is 12.1 Å². The second-order valence-corrected chi connectivity index (χ2v) is 7.15. The Labute approximate surface area is 166 Å². The summed E-state index contributed by atoms with van der Waals surface area (Å²) in [6.45, 7) is 1.05. The molecule has 146 valence electrons. The van der Waals surface area contributed by atoms with Crippen LogP contribution in [0.3, 0.4) is 0 Å². The topological polar surface area (TPSA) is 103 Å². The van der Waals surface area contributed by atoms with Gasteiger partial charge in [-0.25, -0.2) is 4.98 Å². The highest BCUT2D eigenvalue weighted by atomic mass is 16.3. The smallest absolute Gasteiger partial charge is 0.251 e. The lowest BCUT2D eigenvalue weighted by atomic mass is 10.1. The second kappa shape index (κ2) is 7.20. The van der Waals surface area contributed by atoms with Gasteiger partial charge in [-0.3, -0.25) is 4.79 Å². The zero-order chi connectivity index (χ0) is 19.8. The summed E-state index contributed by atoms with van der Waals surface area (Å²) in [6, 6.07) is 18.5. The summed E-state index contributed by atoms with van der Waals surface area (Å²) in [6.07, 6.45) is -0.571. The number of aliphatic hydroxyl groups excluding tert-OH is 1. The van der Waals surface area contributed by atoms with Crippen molar-refractivity contribution in [2.75, 3.05) is 13.1 Å². The van der Waals surface area contributed by atoms with Gasteiger partial charge in [-0.1, -0.05) is 24.3 Å². The van der Waals surface area contributed by atoms with Crippen molar-refractivity contribution in [3.63, 3.8) is 0 Å². The molecule has 1 aliphatic rings. The zero-order valence-corrected chi connectivity index (χ0v) is 15.6. The van der Waals surface area contributed by atoms with E-state index >= 15 is 0 Å². The highest BCUT2D eigenvalue weighted by molar-refractivity contribution is 5.95. The Morgan fingerprint density at radius 1 is 1.07 bits per heavy atom. The molecule has 1 saturated heterocycles. The maximum Gasteiger partial charge on any atom is 0.251 e. The van der Waals surface area contributed by atoms with Gasteiger partial charge in [0.25, 0.3) is 5.91 Å². The Hall–Kier alpha value is -3.42. The van der Waals surface area contributed by atoms with Crippen molar-refractivity contribution in [3.05, 3.63) is 66.2 Å². The Bertz CT molecular complexity index is 1150. The fourth-order valence-corrected chi connectivity index (χ4v) is 3.57. The summed E-state index contributed by atoms with van der Waals surface area (Å²) in [5, 5.41) is 15.8. The number of carbonyl (C=O) groups excluding carboxylic acids is 1. The first-order chi connectivity index (χ1) is 14.2. The van der Waals surface area contributed by atoms with E-state index in [1.165, 1.54) is 0 Å². The molecular formula is C22H20N4O3. The molecule has 0 aliphatic carbocycles. The Balaban J connectivity index is 1.39. The number of para-hydroxylation sites is 2. The van der Waals surface area contributed by atoms with Gasteiger partial charge in [0.1, 0.15) is 5.76 Å². The van der Waals surface area contributed by atoms with Crippen molar-refractivity contribution in [2.45, 2.75) is 12.1 Å². The van der Waals surface area contributed by atoms with E-state index in [0.717, 1.165) is 16.6 Å². The van der Waals surface area contributed by atoms with Gasteiger partial charge in [-0.15, -0.1) is 0 Å². The number of fused-ring (bicyclic) bond motifs is 1. The predicted octanol–water partition coefficient (Wildman–Crippen LogP) is 2.55. The second-order valence-electron chi connectivity index (χ2n) is 7.15. The first-order valence-electron chi connectivity index (χ1n) is 9.52. The number of aromatic amines is 1. The van der Waals surface area contributed by atoms with Crippen molar-refractivity contribution in [2.24, 2.45) is 0 Å². The molecule has 2 atom stereocenters. The number of aromatic nitrogens is 2. The average molecular weight is 388 g/mol. The fraction of sp³-hybridized carbons (Fsp3) is 0.182. The number of rotatable bonds is 4. The number of nitrogens with one attached hydrogen (secondary N) is 3. The van der Waals surface area contributed by atoms with E-state index in [0.29, 0.717) is 36.0 Å². The number of H-pyrrole nitrogens is 1. The molecular weight excluding hydrogens is 368 g/mol. The van der Waals surface area contributed by atoms with Crippen LogP contribution in [0.25, 0.3) is 33.9 Å². The number of nitrogens with zero attached hydrogens (tertiary/aromatic N) is 1. The summed E-state index contributed by atoms with van der Waals surface area (Å²) in [4.78, 5) is 20.4. The highest BCUT2D eigenvalue weighted by Gasteiger charge is 2.26. The van der Waals surface area contributed by atoms with Gasteiger partial charge < -0.3 is 25.1 Å². The summed E-state index contributed by atoms with van der Waals surface area (Å²) in [5.74, 6) is 1.72. The van der Waals surface area contributed by atoms with Crippen LogP contribution in [0.1, 0.15) is 10.4 Å². The summed E-state index contributed by atoms with van der Waals surface area (Å²) < 4.78 is 6.00. The number of furan rings is 1. The van der Waals surface area contributed by atoms with E-state index in [-0.39, 0.29) is 11.9 Å². The molecule has 7 nitrogen and oxygen atoms in total. The molecule has 0 unspecified atom stereocenters. The Morgan fingerprint density at radius 3 is 2.76 bits per heavy atom. The number of imidazole rings is 1. The van der Waals surface area contributed by atoms with Gasteiger partial charge in [-0.05, 0) is 36.4 Å². The molecule has 0 radical (unpaired) electrons. The van der Waals surface area contributed by atoms with Crippen LogP contribution in [-0.2, 0) is 0 Å². The molecule has 29 heavy (non-hydrogen) atoms. The van der Waals surface area contributed by atoms with Crippen LogP contribution in [-0.4, -0.2) is 46.2 Å². The molecule has 2 aromatic heterocycles. The summed E-state index contributed by atoms with van der Waals surface area (Å²) >= 11 is 0. The van der Waals surface area contributed by atoms with Crippen molar-refractivity contribution in [1.82, 2.24) is 20.6 Å². The van der Waals surface area contributed by atoms with Gasteiger partial charge in [0.05, 0.1) is 23.2 Å². The third-order valence-corrected chi connectivity index (χ3v) is 5.14. The number of amides is 1. The van der Waals surface area contributed by atoms with Crippen LogP contribution < -0.4 is 10.6 Å². The lowest BCUT2D eigenvalue weighted by Crippen LogP contribution is -2.42. The maximum atomic E-state index is 12.6. The summed E-state index contributed by atoms with van der Waals surface area (Å²) in [7, 11) is 0. The molecule has 0 saturated carbocycles. The molecule has 5 rings (SSSR count). The zero-order valence-electron chi connectivity index (χ0n) is 15.6. The number of hydrogen-bond donors (Lipinski definition) is 4. The molecule has 4 aromatic rings. The van der Waals surface area contributed by atoms with Gasteiger partial charge in [-0.2, -0.15) is 0 Å². The SMILES string of the molecule is O=C(N[C@H]1CNC[C@H]1O)c1cccc(-c2ccc(-c3nc4ccccc4[nH]3)o2)c1. The molecule has 1 aliphatic heterocycles. The van der Waals surface area contributed by atoms with E-state index < -0.39 is 6.10 Å². The molecule has 7 heteroatoms. The van der Waals surface area contributed by atoms with E-state index in [2.05, 4.69) is 20.6 Å². The van der Waals surface area contributed by atoms with E-state index in [4.69, 9.17) is 4.42 Å². The molecule has 3 heterocycles. The average Bonchev–Trinajstić information content (AvgIpc) is 3.47. The van der Waals surface area contributed by atoms with Crippen LogP contribution in [0, 0.1) is 0 Å². The fourth-order valence-electron chi connectivity index (χ4n) is 3.57. The number of aliphatic hydroxyl groups is 1. The van der Waals surface area contributed by atoms with Crippen molar-refractivity contribution in [3.8, 4) is 22.9 Å². The largest absolute Gasteiger partial charge is 0.453 e. The normalized spacial score (nSPS) is 18.9. The van der Waals surface area contributed by atoms with Crippen LogP contribution in [0.15, 0.2) is 65.1 Å². The predicted molar refractivity (Wildman–Crippen MR) is 109 cm³/mol. The molecule has 2 aromatic carbocycles. The van der Waals surface area contributed by atoms with Gasteiger partial charge >= 0.3 is 0 Å². The standard InChI is InChI=1S/C22H20N4O3/c27-18-12-23-11-17(18)26-22(28)14-5-3-4-13(10-14)19-8-9-20(29-19)21-24-15-6-1-2-7-16(15)25-21/h1-10,17-18,23,27H,11-12H2,(H,24,25)(H,26,28)/t17-,18+/m0/s1. The highest BCUT2D eigenvalue weighted by Crippen LogP contribution is 2.28. The number of benzene rings is 2. The van der Waals surface area contributed by atoms with E-state index in [1.807, 2.05) is 48.5 Å². The number of carbonyl (C=O) groups is 1. The number of hydrogen-bond acceptors (Lipinski definition) is 5. The van der Waals surface area contributed by atoms with Crippen molar-refractivity contribution >= 4 is 16.9 Å². The van der Waals surface area contributed by atoms with Crippen LogP contribution in [0.5, 0.6) is 0 Å². The van der Waals surface area contributed by atoms with Gasteiger partial charge in [0.2, 0.25) is 0 Å². The minimum absolute atomic E-state index is 0.219. The molecule has 0 bridgehead atoms. The van der Waals surface area contributed by atoms with Gasteiger partial charge in [0, 0.05) is 24.2 Å². The summed E-state index contributed by atoms with van der Waals surface area (Å²) in [5.41, 5.74) is 3.14. The minimum atomic E-state index is -0.571. The molecule has 1 fully saturated rings. The lowest BCUT2D eigenvalue weighted by molar-refractivity contribution is 0.0888. The van der Waals surface area contributed by atoms with Crippen LogP contribution >= 0.6 is 0 Å². The first kappa shape index (κ1) is 17.7. The quantitative estimate of drug-likeness (QED) is 0.430. The van der Waals surface area contributed by atoms with Gasteiger partial charge in [0.15, 0.2) is 11.6 Å². The Morgan fingerprint density at radius 2 is 1.93 bits per heavy atom. The van der Waals surface area contributed by atoms with Crippen LogP contribution in [0.4, 0.5) is 0 Å². The first-order valence-corrected chi connectivity index (χ1v) is 9.52. The minimum Gasteiger partial charge on any atom is -0.453 e. The maximum absolute atomic E-state index is 12.6. The lowest BCUT2D eigenvalue weighted by Gasteiger charge is -2.15. The number of β-amino-alcohol motifs (C(OH)–C–C–N with tert-alkyl or cyclic N) is 1. The van der Waals surface area contributed by atoms with Crippen LogP contribution in [0.2, 0.25) is 0 Å². The third kappa shape index (κ3) is 3.41. The van der Waals surface area contributed by atoms with E-state index in [9.17, 15) is 9.90 Å². The van der Waals surface area contributed by atoms with Crippen molar-refractivity contribution < 1.29 is 14.3 Å². The molecule has 4 N–H and O–H groups in total. The molecule has 1 amide bonds. The van der Waals surface area contributed by atoms with Crippen molar-refractivity contribution in [1.29, 1.82) is 0 Å². The monoisotopic (exact) mass is 388 g/mol. The molecule has 0 spiro atoms.